The molecule has 2 N–H and O–H groups in total. The molecule has 0 aromatic heterocycles. The van der Waals surface area contributed by atoms with Crippen LogP contribution in [0.4, 0.5) is 5.69 Å². The SMILES string of the molecule is COc1cccc(NC(=O)CO/N=C2\CC[C@H]3[C@@]45C=C[C@]6(C[C@@H](O)CC[C@]6(C)[C@@H]4CC[C@]23C)OO5)c1. The topological polar surface area (TPSA) is 98.6 Å². The summed E-state index contributed by atoms with van der Waals surface area (Å²) in [6.07, 6.45) is 10.2. The number of rotatable bonds is 5. The molecule has 2 heterocycles. The van der Waals surface area contributed by atoms with Gasteiger partial charge in [0, 0.05) is 40.8 Å². The monoisotopic (exact) mass is 496 g/mol. The summed E-state index contributed by atoms with van der Waals surface area (Å²) >= 11 is 0. The van der Waals surface area contributed by atoms with Gasteiger partial charge in [0.1, 0.15) is 17.0 Å². The predicted molar refractivity (Wildman–Crippen MR) is 133 cm³/mol. The summed E-state index contributed by atoms with van der Waals surface area (Å²) in [5.41, 5.74) is 0.370. The Morgan fingerprint density at radius 3 is 2.81 bits per heavy atom. The minimum absolute atomic E-state index is 0.0604. The smallest absolute Gasteiger partial charge is 0.265 e. The minimum Gasteiger partial charge on any atom is -0.497 e. The van der Waals surface area contributed by atoms with Gasteiger partial charge < -0.3 is 20.0 Å². The number of ether oxygens (including phenoxy) is 1. The van der Waals surface area contributed by atoms with Crippen LogP contribution in [0.2, 0.25) is 0 Å². The maximum absolute atomic E-state index is 12.4. The van der Waals surface area contributed by atoms with Crippen molar-refractivity contribution in [2.45, 2.75) is 76.1 Å². The predicted octanol–water partition coefficient (Wildman–Crippen LogP) is 4.39. The molecule has 7 rings (SSSR count). The summed E-state index contributed by atoms with van der Waals surface area (Å²) in [7, 11) is 1.59. The van der Waals surface area contributed by atoms with Gasteiger partial charge in [-0.2, -0.15) is 0 Å². The zero-order chi connectivity index (χ0) is 25.2. The standard InChI is InChI=1S/C28H36N2O6/c1-25-11-10-22-26(2)12-9-19(31)16-27(26)13-14-28(22,36-35-27)21(25)7-8-23(25)30-34-17-24(32)29-18-5-4-6-20(15-18)33-3/h4-6,13-15,19,21-22,31H,7-12,16-17H2,1-3H3,(H,29,32)/b30-23+/t19-,21+,22-,25-,26+,27+,28-/m0/s1. The van der Waals surface area contributed by atoms with E-state index in [1.807, 2.05) is 12.1 Å². The third kappa shape index (κ3) is 3.30. The Hall–Kier alpha value is -2.42. The third-order valence-electron chi connectivity index (χ3n) is 10.1. The number of hydrogen-bond donors (Lipinski definition) is 2. The molecule has 7 atom stereocenters. The first kappa shape index (κ1) is 23.9. The van der Waals surface area contributed by atoms with E-state index in [4.69, 9.17) is 19.3 Å². The molecule has 1 aromatic rings. The van der Waals surface area contributed by atoms with Crippen molar-refractivity contribution in [3.05, 3.63) is 36.4 Å². The molecule has 6 aliphatic rings. The number of oxime groups is 1. The molecule has 1 saturated heterocycles. The highest BCUT2D eigenvalue weighted by Gasteiger charge is 2.74. The van der Waals surface area contributed by atoms with E-state index in [2.05, 4.69) is 36.5 Å². The molecule has 4 fully saturated rings. The molecule has 36 heavy (non-hydrogen) atoms. The van der Waals surface area contributed by atoms with Gasteiger partial charge in [0.2, 0.25) is 0 Å². The van der Waals surface area contributed by atoms with Crippen molar-refractivity contribution in [3.63, 3.8) is 0 Å². The van der Waals surface area contributed by atoms with Gasteiger partial charge in [-0.3, -0.25) is 4.79 Å². The number of methoxy groups -OCH3 is 1. The average Bonchev–Trinajstić information content (AvgIpc) is 3.21. The highest BCUT2D eigenvalue weighted by atomic mass is 17.2. The number of amides is 1. The lowest BCUT2D eigenvalue weighted by molar-refractivity contribution is -0.496. The number of nitrogens with zero attached hydrogens (tertiary/aromatic N) is 1. The zero-order valence-electron chi connectivity index (χ0n) is 21.3. The highest BCUT2D eigenvalue weighted by molar-refractivity contribution is 5.93. The van der Waals surface area contributed by atoms with E-state index in [9.17, 15) is 9.90 Å². The van der Waals surface area contributed by atoms with E-state index in [0.717, 1.165) is 44.2 Å². The Bertz CT molecular complexity index is 1120. The summed E-state index contributed by atoms with van der Waals surface area (Å²) in [5, 5.41) is 17.7. The Kier molecular flexibility index (Phi) is 5.52. The average molecular weight is 497 g/mol. The van der Waals surface area contributed by atoms with Gasteiger partial charge >= 0.3 is 0 Å². The Morgan fingerprint density at radius 1 is 1.17 bits per heavy atom. The fraction of sp³-hybridized carbons (Fsp3) is 0.643. The van der Waals surface area contributed by atoms with Gasteiger partial charge in [0.15, 0.2) is 6.61 Å². The molecular weight excluding hydrogens is 460 g/mol. The van der Waals surface area contributed by atoms with Crippen molar-refractivity contribution in [1.82, 2.24) is 0 Å². The van der Waals surface area contributed by atoms with Gasteiger partial charge in [0.05, 0.1) is 18.9 Å². The van der Waals surface area contributed by atoms with Gasteiger partial charge in [-0.05, 0) is 56.7 Å². The number of hydrogen-bond acceptors (Lipinski definition) is 7. The van der Waals surface area contributed by atoms with E-state index < -0.39 is 11.2 Å². The summed E-state index contributed by atoms with van der Waals surface area (Å²) in [6.45, 7) is 4.44. The number of anilines is 1. The summed E-state index contributed by atoms with van der Waals surface area (Å²) in [4.78, 5) is 30.5. The van der Waals surface area contributed by atoms with Crippen LogP contribution in [-0.2, 0) is 19.4 Å². The normalized spacial score (nSPS) is 43.4. The first-order valence-corrected chi connectivity index (χ1v) is 13.1. The number of benzene rings is 1. The molecular formula is C28H36N2O6. The van der Waals surface area contributed by atoms with Crippen molar-refractivity contribution >= 4 is 17.3 Å². The van der Waals surface area contributed by atoms with E-state index >= 15 is 0 Å². The zero-order valence-corrected chi connectivity index (χ0v) is 21.3. The number of carbonyl (C=O) groups is 1. The van der Waals surface area contributed by atoms with Gasteiger partial charge in [-0.25, -0.2) is 9.78 Å². The maximum Gasteiger partial charge on any atom is 0.265 e. The lowest BCUT2D eigenvalue weighted by Gasteiger charge is -2.69. The van der Waals surface area contributed by atoms with Crippen LogP contribution in [0.1, 0.15) is 58.8 Å². The van der Waals surface area contributed by atoms with Crippen LogP contribution < -0.4 is 10.1 Å². The molecule has 4 aliphatic carbocycles. The molecule has 0 unspecified atom stereocenters. The fourth-order valence-corrected chi connectivity index (χ4v) is 8.11. The molecule has 3 saturated carbocycles. The second kappa shape index (κ2) is 8.30. The van der Waals surface area contributed by atoms with Gasteiger partial charge in [-0.15, -0.1) is 0 Å². The highest BCUT2D eigenvalue weighted by Crippen LogP contribution is 2.70. The van der Waals surface area contributed by atoms with E-state index in [1.165, 1.54) is 0 Å². The molecule has 2 aliphatic heterocycles. The summed E-state index contributed by atoms with van der Waals surface area (Å²) in [6, 6.07) is 7.21. The van der Waals surface area contributed by atoms with Crippen molar-refractivity contribution in [1.29, 1.82) is 0 Å². The number of aliphatic hydroxyl groups is 1. The Morgan fingerprint density at radius 2 is 2.03 bits per heavy atom. The quantitative estimate of drug-likeness (QED) is 0.356. The number of carbonyl (C=O) groups excluding carboxylic acids is 1. The van der Waals surface area contributed by atoms with Crippen molar-refractivity contribution in [2.75, 3.05) is 19.0 Å². The van der Waals surface area contributed by atoms with Crippen molar-refractivity contribution in [2.24, 2.45) is 27.8 Å². The van der Waals surface area contributed by atoms with E-state index in [1.54, 1.807) is 19.2 Å². The molecule has 0 radical (unpaired) electrons. The number of fused-ring (bicyclic) bond motifs is 2. The first-order valence-electron chi connectivity index (χ1n) is 13.1. The second-order valence-electron chi connectivity index (χ2n) is 11.7. The Labute approximate surface area is 211 Å². The van der Waals surface area contributed by atoms with Crippen LogP contribution in [0.3, 0.4) is 0 Å². The fourth-order valence-electron chi connectivity index (χ4n) is 8.11. The molecule has 8 nitrogen and oxygen atoms in total. The van der Waals surface area contributed by atoms with Crippen LogP contribution in [0.25, 0.3) is 0 Å². The lowest BCUT2D eigenvalue weighted by Crippen LogP contribution is -2.73. The molecule has 194 valence electrons. The van der Waals surface area contributed by atoms with E-state index in [0.29, 0.717) is 23.8 Å². The van der Waals surface area contributed by atoms with Gasteiger partial charge in [-0.1, -0.05) is 31.1 Å². The largest absolute Gasteiger partial charge is 0.497 e. The van der Waals surface area contributed by atoms with Gasteiger partial charge in [0.25, 0.3) is 5.91 Å². The maximum atomic E-state index is 12.4. The number of nitrogens with one attached hydrogen (secondary N) is 1. The molecule has 2 spiro atoms. The summed E-state index contributed by atoms with van der Waals surface area (Å²) < 4.78 is 5.20. The number of aliphatic hydroxyl groups excluding tert-OH is 1. The van der Waals surface area contributed by atoms with Crippen molar-refractivity contribution < 1.29 is 29.3 Å². The van der Waals surface area contributed by atoms with Crippen LogP contribution in [-0.4, -0.2) is 47.7 Å². The van der Waals surface area contributed by atoms with Crippen LogP contribution >= 0.6 is 0 Å². The van der Waals surface area contributed by atoms with Crippen LogP contribution in [0, 0.1) is 22.7 Å². The summed E-state index contributed by atoms with van der Waals surface area (Å²) in [5.74, 6) is 0.964. The molecule has 1 amide bonds. The van der Waals surface area contributed by atoms with Crippen molar-refractivity contribution in [3.8, 4) is 5.75 Å². The van der Waals surface area contributed by atoms with E-state index in [-0.39, 0.29) is 35.4 Å². The van der Waals surface area contributed by atoms with Crippen LogP contribution in [0.5, 0.6) is 5.75 Å². The molecule has 2 bridgehead atoms. The Balaban J connectivity index is 1.17. The first-order chi connectivity index (χ1) is 17.2. The minimum atomic E-state index is -0.542. The third-order valence-corrected chi connectivity index (χ3v) is 10.1. The molecule has 1 aromatic carbocycles. The van der Waals surface area contributed by atoms with Crippen LogP contribution in [0.15, 0.2) is 41.6 Å². The molecule has 8 heteroatoms. The second-order valence-corrected chi connectivity index (χ2v) is 11.7. The lowest BCUT2D eigenvalue weighted by atomic mass is 9.43.